The van der Waals surface area contributed by atoms with Crippen LogP contribution < -0.4 is 10.6 Å². The van der Waals surface area contributed by atoms with Crippen LogP contribution in [0.5, 0.6) is 0 Å². The molecule has 0 radical (unpaired) electrons. The summed E-state index contributed by atoms with van der Waals surface area (Å²) in [6.07, 6.45) is -14.9. The van der Waals surface area contributed by atoms with Gasteiger partial charge < -0.3 is 65.7 Å². The SMILES string of the molecule is CC(=O)NC1C(O)[C@@H](O)C(CO[C@]2(C(=O)O)CC(O)[C@@H](NC(C)=O)C([C@H](O)[C@H](O)CO)O2)O[C@@H]1O. The van der Waals surface area contributed by atoms with Gasteiger partial charge in [-0.05, 0) is 0 Å². The summed E-state index contributed by atoms with van der Waals surface area (Å²) < 4.78 is 15.9. The monoisotopic (exact) mass is 512 g/mol. The molecule has 2 saturated heterocycles. The first kappa shape index (κ1) is 29.2. The first-order valence-corrected chi connectivity index (χ1v) is 10.7. The first-order chi connectivity index (χ1) is 16.2. The van der Waals surface area contributed by atoms with Crippen LogP contribution in [-0.4, -0.2) is 139 Å². The third-order valence-electron chi connectivity index (χ3n) is 5.76. The minimum atomic E-state index is -2.71. The molecule has 0 aliphatic carbocycles. The third-order valence-corrected chi connectivity index (χ3v) is 5.76. The fourth-order valence-electron chi connectivity index (χ4n) is 3.97. The van der Waals surface area contributed by atoms with Gasteiger partial charge in [-0.15, -0.1) is 0 Å². The van der Waals surface area contributed by atoms with Crippen molar-refractivity contribution in [2.45, 2.75) is 87.2 Å². The van der Waals surface area contributed by atoms with Crippen molar-refractivity contribution in [2.24, 2.45) is 0 Å². The zero-order valence-electron chi connectivity index (χ0n) is 18.9. The number of carboxylic acids is 1. The molecule has 16 heteroatoms. The molecule has 16 nitrogen and oxygen atoms in total. The highest BCUT2D eigenvalue weighted by Gasteiger charge is 2.56. The zero-order valence-corrected chi connectivity index (χ0v) is 18.9. The summed E-state index contributed by atoms with van der Waals surface area (Å²) in [5.74, 6) is -5.80. The molecule has 10 N–H and O–H groups in total. The Morgan fingerprint density at radius 2 is 1.60 bits per heavy atom. The van der Waals surface area contributed by atoms with Crippen molar-refractivity contribution in [3.05, 3.63) is 0 Å². The summed E-state index contributed by atoms with van der Waals surface area (Å²) in [6.45, 7) is 0.409. The fraction of sp³-hybridized carbons (Fsp3) is 0.842. The van der Waals surface area contributed by atoms with E-state index in [1.807, 2.05) is 0 Å². The van der Waals surface area contributed by atoms with Crippen molar-refractivity contribution < 1.29 is 69.4 Å². The second-order valence-electron chi connectivity index (χ2n) is 8.46. The molecule has 35 heavy (non-hydrogen) atoms. The number of amides is 2. The van der Waals surface area contributed by atoms with Crippen LogP contribution in [0.3, 0.4) is 0 Å². The van der Waals surface area contributed by atoms with Gasteiger partial charge in [0.15, 0.2) is 6.29 Å². The summed E-state index contributed by atoms with van der Waals surface area (Å²) in [7, 11) is 0. The maximum atomic E-state index is 12.1. The van der Waals surface area contributed by atoms with Crippen molar-refractivity contribution >= 4 is 17.8 Å². The van der Waals surface area contributed by atoms with E-state index in [1.165, 1.54) is 0 Å². The molecule has 2 aliphatic heterocycles. The largest absolute Gasteiger partial charge is 0.477 e. The molecule has 0 spiro atoms. The minimum Gasteiger partial charge on any atom is -0.477 e. The maximum absolute atomic E-state index is 12.1. The van der Waals surface area contributed by atoms with Gasteiger partial charge in [-0.3, -0.25) is 9.59 Å². The van der Waals surface area contributed by atoms with Crippen molar-refractivity contribution in [1.82, 2.24) is 10.6 Å². The molecule has 0 aromatic carbocycles. The molecule has 0 aromatic rings. The van der Waals surface area contributed by atoms with Crippen molar-refractivity contribution in [3.8, 4) is 0 Å². The van der Waals surface area contributed by atoms with E-state index in [4.69, 9.17) is 19.3 Å². The molecular weight excluding hydrogens is 480 g/mol. The Labute approximate surface area is 199 Å². The molecule has 11 atom stereocenters. The number of carboxylic acid groups (broad SMARTS) is 1. The Hall–Kier alpha value is -1.99. The van der Waals surface area contributed by atoms with Gasteiger partial charge in [0.1, 0.15) is 42.7 Å². The van der Waals surface area contributed by atoms with Crippen LogP contribution in [-0.2, 0) is 28.6 Å². The number of nitrogens with one attached hydrogen (secondary N) is 2. The van der Waals surface area contributed by atoms with Gasteiger partial charge >= 0.3 is 5.97 Å². The van der Waals surface area contributed by atoms with Crippen LogP contribution in [0.1, 0.15) is 20.3 Å². The normalized spacial score (nSPS) is 39.3. The van der Waals surface area contributed by atoms with Crippen molar-refractivity contribution in [3.63, 3.8) is 0 Å². The van der Waals surface area contributed by atoms with Gasteiger partial charge in [-0.1, -0.05) is 0 Å². The minimum absolute atomic E-state index is 0.628. The Balaban J connectivity index is 2.25. The van der Waals surface area contributed by atoms with Gasteiger partial charge in [0.05, 0.1) is 25.4 Å². The van der Waals surface area contributed by atoms with E-state index in [1.54, 1.807) is 0 Å². The maximum Gasteiger partial charge on any atom is 0.364 e. The van der Waals surface area contributed by atoms with Gasteiger partial charge in [0.2, 0.25) is 11.8 Å². The van der Waals surface area contributed by atoms with E-state index in [9.17, 15) is 50.1 Å². The highest BCUT2D eigenvalue weighted by atomic mass is 16.7. The van der Waals surface area contributed by atoms with Gasteiger partial charge in [-0.25, -0.2) is 4.79 Å². The first-order valence-electron chi connectivity index (χ1n) is 10.7. The Kier molecular flexibility index (Phi) is 9.88. The van der Waals surface area contributed by atoms with Crippen LogP contribution in [0.2, 0.25) is 0 Å². The van der Waals surface area contributed by atoms with Crippen LogP contribution in [0.25, 0.3) is 0 Å². The molecule has 202 valence electrons. The molecule has 0 bridgehead atoms. The predicted octanol–water partition coefficient (Wildman–Crippen LogP) is -5.90. The highest BCUT2D eigenvalue weighted by Crippen LogP contribution is 2.34. The number of hydrogen-bond acceptors (Lipinski definition) is 13. The predicted molar refractivity (Wildman–Crippen MR) is 109 cm³/mol. The summed E-state index contributed by atoms with van der Waals surface area (Å²) >= 11 is 0. The summed E-state index contributed by atoms with van der Waals surface area (Å²) in [5, 5.41) is 84.9. The molecule has 0 aromatic heterocycles. The van der Waals surface area contributed by atoms with E-state index in [2.05, 4.69) is 10.6 Å². The molecule has 2 aliphatic rings. The zero-order chi connectivity index (χ0) is 26.7. The van der Waals surface area contributed by atoms with Crippen molar-refractivity contribution in [1.29, 1.82) is 0 Å². The standard InChI is InChI=1S/C19H32N2O14/c1-6(23)20-11-8(25)3-19(18(31)32,35-16(11)13(27)9(26)4-22)33-5-10-14(28)15(29)12(17(30)34-10)21-7(2)24/h8-17,22,25-30H,3-5H2,1-2H3,(H,20,23)(H,21,24)(H,31,32)/t8?,9-,10?,11-,12?,13-,14+,15?,16?,17+,19-/m1/s1. The average Bonchev–Trinajstić information content (AvgIpc) is 2.78. The average molecular weight is 512 g/mol. The molecule has 2 amide bonds. The summed E-state index contributed by atoms with van der Waals surface area (Å²) in [5.41, 5.74) is 0. The van der Waals surface area contributed by atoms with Crippen LogP contribution in [0.4, 0.5) is 0 Å². The lowest BCUT2D eigenvalue weighted by Gasteiger charge is -2.47. The molecule has 2 heterocycles. The van der Waals surface area contributed by atoms with E-state index >= 15 is 0 Å². The van der Waals surface area contributed by atoms with Crippen molar-refractivity contribution in [2.75, 3.05) is 13.2 Å². The second-order valence-corrected chi connectivity index (χ2v) is 8.46. The van der Waals surface area contributed by atoms with Crippen LogP contribution >= 0.6 is 0 Å². The number of hydrogen-bond donors (Lipinski definition) is 10. The fourth-order valence-corrected chi connectivity index (χ4v) is 3.97. The van der Waals surface area contributed by atoms with Gasteiger partial charge in [0.25, 0.3) is 5.79 Å². The Morgan fingerprint density at radius 1 is 1.03 bits per heavy atom. The molecule has 2 fully saturated rings. The Bertz CT molecular complexity index is 770. The topological polar surface area (TPSA) is 265 Å². The van der Waals surface area contributed by atoms with E-state index < -0.39 is 104 Å². The number of aliphatic hydroxyl groups excluding tert-OH is 7. The van der Waals surface area contributed by atoms with E-state index in [0.29, 0.717) is 0 Å². The second kappa shape index (κ2) is 11.8. The lowest BCUT2D eigenvalue weighted by atomic mass is 9.88. The van der Waals surface area contributed by atoms with Crippen LogP contribution in [0.15, 0.2) is 0 Å². The van der Waals surface area contributed by atoms with E-state index in [-0.39, 0.29) is 0 Å². The number of rotatable bonds is 9. The quantitative estimate of drug-likeness (QED) is 0.138. The smallest absolute Gasteiger partial charge is 0.364 e. The number of ether oxygens (including phenoxy) is 3. The number of carbonyl (C=O) groups is 3. The molecule has 0 saturated carbocycles. The lowest BCUT2D eigenvalue weighted by molar-refractivity contribution is -0.328. The van der Waals surface area contributed by atoms with E-state index in [0.717, 1.165) is 13.8 Å². The van der Waals surface area contributed by atoms with Crippen LogP contribution in [0, 0.1) is 0 Å². The van der Waals surface area contributed by atoms with Gasteiger partial charge in [0, 0.05) is 20.3 Å². The highest BCUT2D eigenvalue weighted by molar-refractivity contribution is 5.76. The number of aliphatic carboxylic acids is 1. The lowest BCUT2D eigenvalue weighted by Crippen LogP contribution is -2.68. The Morgan fingerprint density at radius 3 is 2.11 bits per heavy atom. The molecular formula is C19H32N2O14. The molecule has 5 unspecified atom stereocenters. The number of carbonyl (C=O) groups excluding carboxylic acids is 2. The molecule has 2 rings (SSSR count). The summed E-state index contributed by atoms with van der Waals surface area (Å²) in [4.78, 5) is 34.9. The third kappa shape index (κ3) is 6.62. The summed E-state index contributed by atoms with van der Waals surface area (Å²) in [6, 6.07) is -2.80. The van der Waals surface area contributed by atoms with Gasteiger partial charge in [-0.2, -0.15) is 0 Å². The number of aliphatic hydroxyl groups is 7.